The maximum Gasteiger partial charge on any atom is 0.120 e. The molecule has 6 unspecified atom stereocenters. The Morgan fingerprint density at radius 1 is 0.568 bits per heavy atom. The maximum absolute atomic E-state index is 14.4. The van der Waals surface area contributed by atoms with Crippen LogP contribution in [0.3, 0.4) is 0 Å². The molecule has 0 saturated heterocycles. The van der Waals surface area contributed by atoms with E-state index in [1.807, 2.05) is 6.08 Å². The quantitative estimate of drug-likeness (QED) is 0.0873. The third kappa shape index (κ3) is 10.1. The molecule has 12 aliphatic rings. The van der Waals surface area contributed by atoms with Crippen molar-refractivity contribution < 1.29 is 22.8 Å². The molecule has 2 aromatic heterocycles. The molecule has 486 valence electrons. The molecule has 0 bridgehead atoms. The van der Waals surface area contributed by atoms with Crippen LogP contribution in [0.4, 0.5) is 11.6 Å². The molecule has 6 saturated carbocycles. The van der Waals surface area contributed by atoms with Crippen LogP contribution in [0, 0.1) is 89.7 Å². The van der Waals surface area contributed by atoms with Crippen LogP contribution >= 0.6 is 48.8 Å². The summed E-state index contributed by atoms with van der Waals surface area (Å²) >= 11 is 11.8. The minimum atomic E-state index is -0.361. The van der Waals surface area contributed by atoms with E-state index in [0.717, 1.165) is 101 Å². The van der Waals surface area contributed by atoms with E-state index in [9.17, 15) is 9.59 Å². The summed E-state index contributed by atoms with van der Waals surface area (Å²) in [5, 5.41) is 15.6. The van der Waals surface area contributed by atoms with Gasteiger partial charge >= 0.3 is 50.5 Å². The second-order valence-electron chi connectivity index (χ2n) is 34.4. The molecule has 14 rings (SSSR count). The van der Waals surface area contributed by atoms with E-state index in [1.54, 1.807) is 17.2 Å². The van der Waals surface area contributed by atoms with Crippen molar-refractivity contribution in [1.82, 2.24) is 20.4 Å². The second kappa shape index (κ2) is 22.6. The van der Waals surface area contributed by atoms with Crippen LogP contribution in [-0.2, 0) is 33.3 Å². The summed E-state index contributed by atoms with van der Waals surface area (Å²) in [4.78, 5) is 35.6. The number of nitrogens with zero attached hydrogens (tertiary/aromatic N) is 4. The average molecular weight is 1560 g/mol. The van der Waals surface area contributed by atoms with Crippen molar-refractivity contribution in [3.8, 4) is 0 Å². The van der Waals surface area contributed by atoms with Crippen molar-refractivity contribution in [2.75, 3.05) is 24.6 Å². The number of ketones is 1. The van der Waals surface area contributed by atoms with E-state index in [0.29, 0.717) is 91.4 Å². The zero-order valence-electron chi connectivity index (χ0n) is 55.6. The summed E-state index contributed by atoms with van der Waals surface area (Å²) in [5.41, 5.74) is 40.3. The number of hydrogen-bond acceptors (Lipinski definition) is 11. The fourth-order valence-corrected chi connectivity index (χ4v) is 24.0. The summed E-state index contributed by atoms with van der Waals surface area (Å²) in [6, 6.07) is 0. The van der Waals surface area contributed by atoms with Gasteiger partial charge in [-0.3, -0.25) is 29.8 Å². The smallest absolute Gasteiger partial charge is 0.120 e. The van der Waals surface area contributed by atoms with E-state index in [1.165, 1.54) is 48.2 Å². The van der Waals surface area contributed by atoms with Crippen molar-refractivity contribution in [2.24, 2.45) is 117 Å². The van der Waals surface area contributed by atoms with Gasteiger partial charge in [0.25, 0.3) is 0 Å². The molecule has 4 heterocycles. The standard InChI is InChI=1S/C36H53N5O.C31H46ClN3O.C4H7N3.I3/c1-31(2)12-14-36(27(42)16-21-17-28(37)39-20-21)15-13-34(6)23(24(36)19-31)8-9-26-33(5)18-22-29(40-41-30(22)38)32(3,4)25(33)10-11-35(26,34)7;1-26(2)12-14-31(25(32)36)15-13-29(6)19(20(31)17-26)8-9-22-28(5)16-18-23(34-35-24(18)33)27(3,4)21(28)10-11-30(22,29)7;5-3-1-4(6)7-2-3;1-3-2/h8,17,24-26H,9-16,18-20H2,1-7H3,(H2,37,39)(H3,38,40,41);8,20-22H,9-17H2,1-7H3,(H3,33,34,35);1H,2,5H2,(H2,6,7);/q;;;-1/t24?,25?,26?,33-,34+,35+,36-;20?,21?,22?,28-,29+,30+,31-;;/m00../s1. The number of halogens is 4. The van der Waals surface area contributed by atoms with Gasteiger partial charge in [0.05, 0.1) is 18.5 Å². The molecule has 0 radical (unpaired) electrons. The molecule has 10 aliphatic carbocycles. The number of carbonyl (C=O) groups excluding carboxylic acids is 2. The first-order chi connectivity index (χ1) is 40.9. The van der Waals surface area contributed by atoms with Gasteiger partial charge in [0.2, 0.25) is 5.24 Å². The fraction of sp³-hybridized carbons (Fsp3) is 0.746. The molecule has 0 aromatic carbocycles. The molecule has 14 atom stereocenters. The molecule has 2 aliphatic heterocycles. The first-order valence-corrected chi connectivity index (χ1v) is 46.3. The molecule has 2 aromatic rings. The molecular formula is C71H106ClI3N11O2-. The number of allylic oxidation sites excluding steroid dienone is 4. The van der Waals surface area contributed by atoms with Crippen molar-refractivity contribution in [3.05, 3.63) is 69.2 Å². The molecule has 0 amide bonds. The number of fused-ring (bicyclic) bond motifs is 16. The number of nitrogen functional groups attached to an aromatic ring is 2. The Labute approximate surface area is 561 Å². The van der Waals surface area contributed by atoms with Crippen LogP contribution in [0.5, 0.6) is 0 Å². The Morgan fingerprint density at radius 3 is 1.38 bits per heavy atom. The Morgan fingerprint density at radius 2 is 0.977 bits per heavy atom. The summed E-state index contributed by atoms with van der Waals surface area (Å²) in [5.74, 6) is 5.88. The Kier molecular flexibility index (Phi) is 17.2. The first-order valence-electron chi connectivity index (χ1n) is 33.3. The number of nitrogens with one attached hydrogen (secondary N) is 2. The van der Waals surface area contributed by atoms with Gasteiger partial charge in [-0.05, 0) is 218 Å². The number of aromatic nitrogens is 4. The molecule has 13 nitrogen and oxygen atoms in total. The number of carbonyl (C=O) groups is 2. The Balaban J connectivity index is 0.000000159. The van der Waals surface area contributed by atoms with Crippen molar-refractivity contribution in [2.45, 2.75) is 230 Å². The number of rotatable bonds is 4. The van der Waals surface area contributed by atoms with Gasteiger partial charge in [-0.25, -0.2) is 0 Å². The molecular weight excluding hydrogens is 1460 g/mol. The molecule has 12 N–H and O–H groups in total. The largest absolute Gasteiger partial charge is 0.400 e. The third-order valence-electron chi connectivity index (χ3n) is 28.7. The van der Waals surface area contributed by atoms with E-state index in [-0.39, 0.29) is 76.1 Å². The van der Waals surface area contributed by atoms with Gasteiger partial charge in [-0.1, -0.05) is 120 Å². The van der Waals surface area contributed by atoms with Crippen LogP contribution in [-0.4, -0.2) is 56.2 Å². The number of aliphatic imine (C=N–C) groups is 2. The number of amidine groups is 2. The summed E-state index contributed by atoms with van der Waals surface area (Å²) < 4.78 is 0. The number of Topliss-reactive ketones (excluding diaryl/α,β-unsaturated/α-hetero) is 1. The monoisotopic (exact) mass is 1560 g/mol. The van der Waals surface area contributed by atoms with Gasteiger partial charge in [0, 0.05) is 57.0 Å². The predicted octanol–water partition coefficient (Wildman–Crippen LogP) is 12.6. The van der Waals surface area contributed by atoms with Gasteiger partial charge in [-0.15, -0.1) is 0 Å². The SMILES string of the molecule is CC1(C)CC[C@]2(C(=O)CC3=CC(N)=NC3)CC[C@]3(C)C(=CCC4[C@@]5(C)Cc6c(N)n[nH]c6C(C)(C)C5CC[C@]43C)C2C1.CC1(C)CC[C@]2(C(=O)Cl)CC[C@]3(C)C(=CCC4[C@@]5(C)Cc6c(N)n[nH]c6C(C)(C)C5CC[C@]43C)C2C1.I[I-]I.NC1=CC(N)=NC1. The van der Waals surface area contributed by atoms with Gasteiger partial charge in [-0.2, -0.15) is 10.2 Å². The first kappa shape index (κ1) is 67.0. The van der Waals surface area contributed by atoms with E-state index >= 15 is 0 Å². The zero-order valence-corrected chi connectivity index (χ0v) is 62.9. The summed E-state index contributed by atoms with van der Waals surface area (Å²) in [6.45, 7) is 36.0. The number of nitrogens with two attached hydrogens (primary N) is 5. The van der Waals surface area contributed by atoms with Crippen LogP contribution < -0.4 is 41.9 Å². The summed E-state index contributed by atoms with van der Waals surface area (Å²) in [6.07, 6.45) is 29.1. The Hall–Kier alpha value is -2.46. The normalized spacial score (nSPS) is 41.2. The summed E-state index contributed by atoms with van der Waals surface area (Å²) in [7, 11) is 0. The van der Waals surface area contributed by atoms with Crippen molar-refractivity contribution in [1.29, 1.82) is 0 Å². The van der Waals surface area contributed by atoms with Gasteiger partial charge in [0.15, 0.2) is 0 Å². The Bertz CT molecular complexity index is 3350. The second-order valence-corrected chi connectivity index (χ2v) is 51.0. The number of hydrogen-bond donors (Lipinski definition) is 7. The minimum absolute atomic E-state index is 0.0166. The van der Waals surface area contributed by atoms with Crippen LogP contribution in [0.15, 0.2) is 56.7 Å². The van der Waals surface area contributed by atoms with Crippen molar-refractivity contribution in [3.63, 3.8) is 0 Å². The molecule has 6 fully saturated rings. The van der Waals surface area contributed by atoms with E-state index < -0.39 is 0 Å². The zero-order chi connectivity index (χ0) is 64.2. The topological polar surface area (TPSA) is 246 Å². The molecule has 0 spiro atoms. The van der Waals surface area contributed by atoms with E-state index in [4.69, 9.17) is 40.3 Å². The fourth-order valence-electron chi connectivity index (χ4n) is 23.7. The maximum atomic E-state index is 14.4. The molecule has 88 heavy (non-hydrogen) atoms. The van der Waals surface area contributed by atoms with Crippen LogP contribution in [0.1, 0.15) is 229 Å². The average Bonchev–Trinajstić information content (AvgIpc) is 0.790. The van der Waals surface area contributed by atoms with Gasteiger partial charge < -0.3 is 28.7 Å². The number of aromatic amines is 2. The minimum Gasteiger partial charge on any atom is -0.400 e. The third-order valence-corrected chi connectivity index (χ3v) is 29.1. The number of anilines is 2. The number of H-pyrrole nitrogens is 2. The van der Waals surface area contributed by atoms with Gasteiger partial charge in [0.1, 0.15) is 29.1 Å². The van der Waals surface area contributed by atoms with Crippen LogP contribution in [0.25, 0.3) is 0 Å². The van der Waals surface area contributed by atoms with Crippen molar-refractivity contribution >= 4 is 83.2 Å². The predicted molar refractivity (Wildman–Crippen MR) is 373 cm³/mol. The van der Waals surface area contributed by atoms with E-state index in [2.05, 4.69) is 177 Å². The van der Waals surface area contributed by atoms with Crippen LogP contribution in [0.2, 0.25) is 0 Å². The molecule has 17 heteroatoms.